The van der Waals surface area contributed by atoms with E-state index in [4.69, 9.17) is 4.74 Å². The second kappa shape index (κ2) is 7.00. The Balaban J connectivity index is 2.42. The van der Waals surface area contributed by atoms with Gasteiger partial charge in [0.05, 0.1) is 18.4 Å². The third-order valence-electron chi connectivity index (χ3n) is 3.17. The Bertz CT molecular complexity index is 726. The second-order valence-corrected chi connectivity index (χ2v) is 5.40. The molecule has 22 heavy (non-hydrogen) atoms. The van der Waals surface area contributed by atoms with E-state index in [0.29, 0.717) is 5.56 Å². The van der Waals surface area contributed by atoms with Crippen LogP contribution in [0.5, 0.6) is 5.75 Å². The average Bonchev–Trinajstić information content (AvgIpc) is 2.49. The van der Waals surface area contributed by atoms with Crippen LogP contribution in [-0.4, -0.2) is 7.11 Å². The summed E-state index contributed by atoms with van der Waals surface area (Å²) in [5, 5.41) is 3.29. The van der Waals surface area contributed by atoms with Crippen LogP contribution in [0.4, 0.5) is 15.8 Å². The molecule has 0 aliphatic carbocycles. The summed E-state index contributed by atoms with van der Waals surface area (Å²) in [7, 11) is 1.63. The number of methoxy groups -OCH3 is 1. The Morgan fingerprint density at radius 3 is 2.59 bits per heavy atom. The summed E-state index contributed by atoms with van der Waals surface area (Å²) in [6, 6.07) is 10.7. The van der Waals surface area contributed by atoms with Crippen LogP contribution in [-0.2, 0) is 0 Å². The van der Waals surface area contributed by atoms with Crippen LogP contribution in [0.2, 0.25) is 0 Å². The topological polar surface area (TPSA) is 21.3 Å². The minimum Gasteiger partial charge on any atom is -0.495 e. The van der Waals surface area contributed by atoms with E-state index < -0.39 is 0 Å². The monoisotopic (exact) mass is 297 g/mol. The lowest BCUT2D eigenvalue weighted by Crippen LogP contribution is -1.98. The highest BCUT2D eigenvalue weighted by Gasteiger charge is 2.08. The standard InChI is InChI=1S/C19H20FNO/c1-13(2)8-10-16-18(6-5-7-19(16)22-4)21-15-9-11-17(20)14(3)12-15/h5-7,9,11-13,21H,1-4H3. The molecule has 3 heteroatoms. The number of hydrogen-bond acceptors (Lipinski definition) is 2. The number of anilines is 2. The minimum absolute atomic E-state index is 0.212. The van der Waals surface area contributed by atoms with Crippen LogP contribution in [0, 0.1) is 30.5 Å². The molecule has 0 unspecified atom stereocenters. The summed E-state index contributed by atoms with van der Waals surface area (Å²) in [5.74, 6) is 7.10. The zero-order valence-electron chi connectivity index (χ0n) is 13.3. The lowest BCUT2D eigenvalue weighted by atomic mass is 10.1. The first-order chi connectivity index (χ1) is 10.5. The molecule has 1 N–H and O–H groups in total. The molecule has 2 nitrogen and oxygen atoms in total. The largest absolute Gasteiger partial charge is 0.495 e. The highest BCUT2D eigenvalue weighted by Crippen LogP contribution is 2.28. The first-order valence-corrected chi connectivity index (χ1v) is 7.23. The maximum absolute atomic E-state index is 13.4. The fourth-order valence-electron chi connectivity index (χ4n) is 2.03. The molecule has 0 aliphatic heterocycles. The van der Waals surface area contributed by atoms with Gasteiger partial charge < -0.3 is 10.1 Å². The van der Waals surface area contributed by atoms with Crippen molar-refractivity contribution in [3.63, 3.8) is 0 Å². The molecular weight excluding hydrogens is 277 g/mol. The summed E-state index contributed by atoms with van der Waals surface area (Å²) >= 11 is 0. The van der Waals surface area contributed by atoms with Gasteiger partial charge in [-0.25, -0.2) is 4.39 Å². The Kier molecular flexibility index (Phi) is 5.06. The van der Waals surface area contributed by atoms with Gasteiger partial charge >= 0.3 is 0 Å². The van der Waals surface area contributed by atoms with Crippen molar-refractivity contribution in [1.29, 1.82) is 0 Å². The van der Waals surface area contributed by atoms with E-state index in [1.165, 1.54) is 6.07 Å². The summed E-state index contributed by atoms with van der Waals surface area (Å²) in [4.78, 5) is 0. The molecule has 0 radical (unpaired) electrons. The Morgan fingerprint density at radius 2 is 1.95 bits per heavy atom. The smallest absolute Gasteiger partial charge is 0.136 e. The van der Waals surface area contributed by atoms with E-state index in [-0.39, 0.29) is 11.7 Å². The maximum Gasteiger partial charge on any atom is 0.136 e. The third kappa shape index (κ3) is 3.79. The first-order valence-electron chi connectivity index (χ1n) is 7.23. The van der Waals surface area contributed by atoms with Crippen LogP contribution < -0.4 is 10.1 Å². The molecule has 0 aromatic heterocycles. The predicted octanol–water partition coefficient (Wildman–Crippen LogP) is 4.89. The van der Waals surface area contributed by atoms with Gasteiger partial charge in [-0.05, 0) is 42.8 Å². The highest BCUT2D eigenvalue weighted by molar-refractivity contribution is 5.71. The lowest BCUT2D eigenvalue weighted by Gasteiger charge is -2.12. The molecule has 0 saturated heterocycles. The van der Waals surface area contributed by atoms with Gasteiger partial charge in [0.2, 0.25) is 0 Å². The molecule has 2 rings (SSSR count). The van der Waals surface area contributed by atoms with Crippen molar-refractivity contribution in [1.82, 2.24) is 0 Å². The van der Waals surface area contributed by atoms with Gasteiger partial charge in [-0.15, -0.1) is 0 Å². The van der Waals surface area contributed by atoms with Gasteiger partial charge in [-0.1, -0.05) is 31.8 Å². The van der Waals surface area contributed by atoms with Crippen LogP contribution >= 0.6 is 0 Å². The van der Waals surface area contributed by atoms with Crippen molar-refractivity contribution < 1.29 is 9.13 Å². The Morgan fingerprint density at radius 1 is 1.18 bits per heavy atom. The molecule has 0 spiro atoms. The number of benzene rings is 2. The van der Waals surface area contributed by atoms with Crippen LogP contribution in [0.25, 0.3) is 0 Å². The van der Waals surface area contributed by atoms with Gasteiger partial charge in [0.15, 0.2) is 0 Å². The first kappa shape index (κ1) is 15.9. The molecule has 2 aromatic carbocycles. The minimum atomic E-state index is -0.212. The lowest BCUT2D eigenvalue weighted by molar-refractivity contribution is 0.414. The molecule has 0 saturated carbocycles. The van der Waals surface area contributed by atoms with E-state index in [1.807, 2.05) is 32.0 Å². The zero-order valence-corrected chi connectivity index (χ0v) is 13.3. The van der Waals surface area contributed by atoms with Crippen molar-refractivity contribution in [2.75, 3.05) is 12.4 Å². The Hall–Kier alpha value is -2.47. The van der Waals surface area contributed by atoms with Crippen molar-refractivity contribution in [3.05, 3.63) is 53.3 Å². The van der Waals surface area contributed by atoms with E-state index in [9.17, 15) is 4.39 Å². The summed E-state index contributed by atoms with van der Waals surface area (Å²) in [6.45, 7) is 5.82. The van der Waals surface area contributed by atoms with Crippen molar-refractivity contribution >= 4 is 11.4 Å². The van der Waals surface area contributed by atoms with E-state index in [2.05, 4.69) is 17.2 Å². The maximum atomic E-state index is 13.4. The number of rotatable bonds is 3. The predicted molar refractivity (Wildman–Crippen MR) is 89.1 cm³/mol. The molecule has 0 aliphatic rings. The van der Waals surface area contributed by atoms with Gasteiger partial charge in [0.25, 0.3) is 0 Å². The van der Waals surface area contributed by atoms with E-state index in [0.717, 1.165) is 22.7 Å². The molecule has 0 fully saturated rings. The SMILES string of the molecule is COc1cccc(Nc2ccc(F)c(C)c2)c1C#CC(C)C. The zero-order chi connectivity index (χ0) is 16.1. The number of aryl methyl sites for hydroxylation is 1. The second-order valence-electron chi connectivity index (χ2n) is 5.40. The molecule has 2 aromatic rings. The van der Waals surface area contributed by atoms with Gasteiger partial charge in [-0.3, -0.25) is 0 Å². The molecule has 0 atom stereocenters. The van der Waals surface area contributed by atoms with Gasteiger partial charge in [0.1, 0.15) is 11.6 Å². The quantitative estimate of drug-likeness (QED) is 0.814. The number of ether oxygens (including phenoxy) is 1. The normalized spacial score (nSPS) is 10.1. The van der Waals surface area contributed by atoms with Crippen molar-refractivity contribution in [2.45, 2.75) is 20.8 Å². The summed E-state index contributed by atoms with van der Waals surface area (Å²) in [6.07, 6.45) is 0. The van der Waals surface area contributed by atoms with Crippen LogP contribution in [0.15, 0.2) is 36.4 Å². The van der Waals surface area contributed by atoms with Crippen molar-refractivity contribution in [3.8, 4) is 17.6 Å². The van der Waals surface area contributed by atoms with Crippen molar-refractivity contribution in [2.24, 2.45) is 5.92 Å². The van der Waals surface area contributed by atoms with E-state index in [1.54, 1.807) is 26.2 Å². The number of halogens is 1. The Labute approximate surface area is 131 Å². The highest BCUT2D eigenvalue weighted by atomic mass is 19.1. The number of nitrogens with one attached hydrogen (secondary N) is 1. The molecule has 0 bridgehead atoms. The number of hydrogen-bond donors (Lipinski definition) is 1. The van der Waals surface area contributed by atoms with Gasteiger partial charge in [0, 0.05) is 11.6 Å². The average molecular weight is 297 g/mol. The van der Waals surface area contributed by atoms with E-state index >= 15 is 0 Å². The molecule has 114 valence electrons. The van der Waals surface area contributed by atoms with Crippen LogP contribution in [0.3, 0.4) is 0 Å². The fourth-order valence-corrected chi connectivity index (χ4v) is 2.03. The third-order valence-corrected chi connectivity index (χ3v) is 3.17. The molecular formula is C19H20FNO. The molecule has 0 heterocycles. The molecule has 0 amide bonds. The van der Waals surface area contributed by atoms with Gasteiger partial charge in [-0.2, -0.15) is 0 Å². The summed E-state index contributed by atoms with van der Waals surface area (Å²) in [5.41, 5.74) is 3.07. The fraction of sp³-hybridized carbons (Fsp3) is 0.263. The summed E-state index contributed by atoms with van der Waals surface area (Å²) < 4.78 is 18.8. The van der Waals surface area contributed by atoms with Crippen LogP contribution in [0.1, 0.15) is 25.0 Å².